The summed E-state index contributed by atoms with van der Waals surface area (Å²) >= 11 is 9.91. The van der Waals surface area contributed by atoms with E-state index in [2.05, 4.69) is 35.0 Å². The molecule has 0 aliphatic heterocycles. The molecule has 2 aliphatic carbocycles. The molecule has 0 saturated heterocycles. The first-order valence-electron chi connectivity index (χ1n) is 5.03. The Balaban J connectivity index is 2.51. The van der Waals surface area contributed by atoms with Gasteiger partial charge in [-0.1, -0.05) is 41.4 Å². The van der Waals surface area contributed by atoms with Gasteiger partial charge in [-0.25, -0.2) is 0 Å². The van der Waals surface area contributed by atoms with Crippen LogP contribution in [-0.2, 0) is 0 Å². The van der Waals surface area contributed by atoms with Crippen LogP contribution in [0.4, 0.5) is 0 Å². The average molecular weight is 281 g/mol. The molecule has 2 rings (SSSR count). The van der Waals surface area contributed by atoms with Crippen LogP contribution in [0.15, 0.2) is 5.18 Å². The number of halogens is 2. The van der Waals surface area contributed by atoms with E-state index in [1.54, 1.807) is 0 Å². The van der Waals surface area contributed by atoms with Crippen molar-refractivity contribution in [3.63, 3.8) is 0 Å². The molecule has 2 bridgehead atoms. The van der Waals surface area contributed by atoms with Gasteiger partial charge in [-0.2, -0.15) is 0 Å². The summed E-state index contributed by atoms with van der Waals surface area (Å²) in [5.41, 5.74) is -0.0138. The highest BCUT2D eigenvalue weighted by Gasteiger charge is 2.71. The van der Waals surface area contributed by atoms with E-state index in [0.717, 1.165) is 18.2 Å². The molecule has 0 aromatic heterocycles. The minimum atomic E-state index is -0.872. The predicted molar refractivity (Wildman–Crippen MR) is 61.7 cm³/mol. The zero-order chi connectivity index (χ0) is 10.6. The Morgan fingerprint density at radius 1 is 1.57 bits per heavy atom. The van der Waals surface area contributed by atoms with Crippen molar-refractivity contribution in [2.45, 2.75) is 38.1 Å². The third kappa shape index (κ3) is 0.934. The van der Waals surface area contributed by atoms with Crippen LogP contribution in [0.5, 0.6) is 0 Å². The molecule has 3 unspecified atom stereocenters. The van der Waals surface area contributed by atoms with Gasteiger partial charge in [0.25, 0.3) is 0 Å². The molecule has 14 heavy (non-hydrogen) atoms. The molecule has 2 aliphatic rings. The lowest BCUT2D eigenvalue weighted by molar-refractivity contribution is 0.128. The van der Waals surface area contributed by atoms with Crippen molar-refractivity contribution in [2.24, 2.45) is 21.9 Å². The zero-order valence-corrected chi connectivity index (χ0v) is 10.9. The topological polar surface area (TPSA) is 29.4 Å². The number of rotatable bonds is 2. The van der Waals surface area contributed by atoms with Gasteiger partial charge in [0.05, 0.1) is 0 Å². The SMILES string of the molecule is CC1(C)C2CCC1(CBr)C(Cl)(N=O)C2. The lowest BCUT2D eigenvalue weighted by Crippen LogP contribution is -2.45. The van der Waals surface area contributed by atoms with Crippen molar-refractivity contribution < 1.29 is 0 Å². The molecular formula is C10H15BrClNO. The van der Waals surface area contributed by atoms with Crippen molar-refractivity contribution in [3.05, 3.63) is 4.91 Å². The third-order valence-electron chi connectivity index (χ3n) is 4.80. The van der Waals surface area contributed by atoms with Crippen LogP contribution in [0.25, 0.3) is 0 Å². The second-order valence-corrected chi connectivity index (χ2v) is 6.41. The van der Waals surface area contributed by atoms with Gasteiger partial charge in [-0.3, -0.25) is 0 Å². The van der Waals surface area contributed by atoms with Gasteiger partial charge in [0.1, 0.15) is 0 Å². The monoisotopic (exact) mass is 279 g/mol. The van der Waals surface area contributed by atoms with Crippen LogP contribution < -0.4 is 0 Å². The molecule has 4 heteroatoms. The fraction of sp³-hybridized carbons (Fsp3) is 1.00. The Kier molecular flexibility index (Phi) is 2.29. The average Bonchev–Trinajstić information content (AvgIpc) is 2.49. The number of fused-ring (bicyclic) bond motifs is 2. The summed E-state index contributed by atoms with van der Waals surface area (Å²) in [5.74, 6) is 0.551. The first-order valence-corrected chi connectivity index (χ1v) is 6.53. The van der Waals surface area contributed by atoms with E-state index >= 15 is 0 Å². The number of alkyl halides is 2. The van der Waals surface area contributed by atoms with Crippen LogP contribution in [0.3, 0.4) is 0 Å². The van der Waals surface area contributed by atoms with E-state index in [0.29, 0.717) is 5.92 Å². The van der Waals surface area contributed by atoms with Crippen LogP contribution in [0, 0.1) is 21.7 Å². The predicted octanol–water partition coefficient (Wildman–Crippen LogP) is 3.91. The summed E-state index contributed by atoms with van der Waals surface area (Å²) in [4.78, 5) is 10.1. The van der Waals surface area contributed by atoms with Gasteiger partial charge in [0.2, 0.25) is 0 Å². The molecular weight excluding hydrogens is 265 g/mol. The Hall–Kier alpha value is 0.370. The van der Waals surface area contributed by atoms with Crippen LogP contribution in [0.2, 0.25) is 0 Å². The normalized spacial score (nSPS) is 49.6. The summed E-state index contributed by atoms with van der Waals surface area (Å²) in [6.07, 6.45) is 2.95. The molecule has 0 amide bonds. The van der Waals surface area contributed by atoms with Crippen LogP contribution in [0.1, 0.15) is 33.1 Å². The molecule has 2 nitrogen and oxygen atoms in total. The van der Waals surface area contributed by atoms with E-state index in [9.17, 15) is 4.91 Å². The summed E-state index contributed by atoms with van der Waals surface area (Å²) in [5, 5.41) is 4.00. The first-order chi connectivity index (χ1) is 6.43. The molecule has 0 aromatic carbocycles. The minimum Gasteiger partial charge on any atom is -0.149 e. The Labute approximate surface area is 97.9 Å². The molecule has 0 radical (unpaired) electrons. The Morgan fingerprint density at radius 3 is 2.57 bits per heavy atom. The summed E-state index contributed by atoms with van der Waals surface area (Å²) in [6.45, 7) is 4.45. The maximum absolute atomic E-state index is 11.0. The van der Waals surface area contributed by atoms with Crippen molar-refractivity contribution >= 4 is 27.5 Å². The number of hydrogen-bond acceptors (Lipinski definition) is 2. The van der Waals surface area contributed by atoms with Gasteiger partial charge in [-0.15, -0.1) is 4.91 Å². The molecule has 0 aromatic rings. The maximum atomic E-state index is 11.0. The van der Waals surface area contributed by atoms with Gasteiger partial charge in [-0.05, 0) is 35.8 Å². The number of nitrogens with zero attached hydrogens (tertiary/aromatic N) is 1. The Morgan fingerprint density at radius 2 is 2.21 bits per heavy atom. The van der Waals surface area contributed by atoms with E-state index in [1.807, 2.05) is 0 Å². The van der Waals surface area contributed by atoms with Crippen molar-refractivity contribution in [2.75, 3.05) is 5.33 Å². The standard InChI is InChI=1S/C10H15BrClNO/c1-8(2)7-3-4-9(8,6-11)10(12,5-7)13-14/h7H,3-6H2,1-2H3. The fourth-order valence-corrected chi connectivity index (χ4v) is 5.74. The van der Waals surface area contributed by atoms with E-state index < -0.39 is 5.00 Å². The molecule has 0 N–H and O–H groups in total. The van der Waals surface area contributed by atoms with Crippen molar-refractivity contribution in [3.8, 4) is 0 Å². The lowest BCUT2D eigenvalue weighted by atomic mass is 9.69. The summed E-state index contributed by atoms with van der Waals surface area (Å²) in [6, 6.07) is 0. The fourth-order valence-electron chi connectivity index (χ4n) is 3.52. The van der Waals surface area contributed by atoms with Gasteiger partial charge in [0.15, 0.2) is 5.00 Å². The summed E-state index contributed by atoms with van der Waals surface area (Å²) in [7, 11) is 0. The largest absolute Gasteiger partial charge is 0.182 e. The van der Waals surface area contributed by atoms with Crippen molar-refractivity contribution in [1.29, 1.82) is 0 Å². The van der Waals surface area contributed by atoms with Crippen LogP contribution >= 0.6 is 27.5 Å². The smallest absolute Gasteiger partial charge is 0.149 e. The van der Waals surface area contributed by atoms with E-state index in [-0.39, 0.29) is 10.8 Å². The molecule has 80 valence electrons. The second-order valence-electron chi connectivity index (χ2n) is 5.23. The highest BCUT2D eigenvalue weighted by atomic mass is 79.9. The zero-order valence-electron chi connectivity index (χ0n) is 8.52. The van der Waals surface area contributed by atoms with Gasteiger partial charge in [0, 0.05) is 10.7 Å². The molecule has 0 spiro atoms. The highest BCUT2D eigenvalue weighted by molar-refractivity contribution is 9.09. The lowest BCUT2D eigenvalue weighted by Gasteiger charge is -2.42. The quantitative estimate of drug-likeness (QED) is 0.428. The molecule has 0 heterocycles. The van der Waals surface area contributed by atoms with E-state index in [1.165, 1.54) is 6.42 Å². The Bertz CT molecular complexity index is 283. The first kappa shape index (κ1) is 10.9. The van der Waals surface area contributed by atoms with Gasteiger partial charge < -0.3 is 0 Å². The van der Waals surface area contributed by atoms with Gasteiger partial charge >= 0.3 is 0 Å². The molecule has 2 fully saturated rings. The minimum absolute atomic E-state index is 0.131. The second kappa shape index (κ2) is 2.94. The number of nitroso groups, excluding NO2 is 1. The maximum Gasteiger partial charge on any atom is 0.182 e. The van der Waals surface area contributed by atoms with Crippen LogP contribution in [-0.4, -0.2) is 10.3 Å². The third-order valence-corrected chi connectivity index (χ3v) is 6.34. The number of hydrogen-bond donors (Lipinski definition) is 0. The molecule has 2 saturated carbocycles. The van der Waals surface area contributed by atoms with E-state index in [4.69, 9.17) is 11.6 Å². The highest BCUT2D eigenvalue weighted by Crippen LogP contribution is 2.72. The van der Waals surface area contributed by atoms with Crippen molar-refractivity contribution in [1.82, 2.24) is 0 Å². The summed E-state index contributed by atoms with van der Waals surface area (Å²) < 4.78 is 0. The molecule has 3 atom stereocenters.